The number of carbonyl (C=O) groups is 1. The Balaban J connectivity index is 2.81. The number of carbonyl (C=O) groups excluding carboxylic acids is 1. The Morgan fingerprint density at radius 1 is 1.22 bits per heavy atom. The second-order valence-corrected chi connectivity index (χ2v) is 13.6. The molecular weight excluding hydrogens is 308 g/mol. The third kappa shape index (κ3) is 5.22. The molecule has 1 aliphatic heterocycles. The van der Waals surface area contributed by atoms with Gasteiger partial charge in [0, 0.05) is 6.42 Å². The number of ether oxygens (including phenoxy) is 1. The summed E-state index contributed by atoms with van der Waals surface area (Å²) in [5.41, 5.74) is -0.558. The predicted octanol–water partition coefficient (Wildman–Crippen LogP) is 4.65. The number of hydrogen-bond acceptors (Lipinski definition) is 3. The molecule has 132 valence electrons. The second kappa shape index (κ2) is 6.82. The molecule has 0 aromatic rings. The molecule has 6 heteroatoms. The minimum Gasteiger partial charge on any atom is -0.444 e. The van der Waals surface area contributed by atoms with Crippen LogP contribution in [-0.2, 0) is 9.16 Å². The van der Waals surface area contributed by atoms with Gasteiger partial charge in [-0.3, -0.25) is 4.85 Å². The van der Waals surface area contributed by atoms with Crippen molar-refractivity contribution in [2.75, 3.05) is 6.61 Å². The number of rotatable bonds is 3. The SMILES string of the molecule is [C-]#[N+]C1CC[C@@H](CO[Si](C)(C)C(C)(C)C)N1C(=O)OC(C)(C)C. The molecule has 0 spiro atoms. The molecule has 1 saturated heterocycles. The van der Waals surface area contributed by atoms with E-state index in [1.54, 1.807) is 4.90 Å². The molecule has 0 N–H and O–H groups in total. The van der Waals surface area contributed by atoms with Gasteiger partial charge in [0.2, 0.25) is 0 Å². The van der Waals surface area contributed by atoms with Crippen LogP contribution in [0, 0.1) is 6.57 Å². The first-order valence-electron chi connectivity index (χ1n) is 8.30. The highest BCUT2D eigenvalue weighted by Crippen LogP contribution is 2.37. The third-order valence-electron chi connectivity index (χ3n) is 4.67. The van der Waals surface area contributed by atoms with Gasteiger partial charge in [-0.1, -0.05) is 20.8 Å². The minimum absolute atomic E-state index is 0.0712. The van der Waals surface area contributed by atoms with Crippen LogP contribution in [0.2, 0.25) is 18.1 Å². The van der Waals surface area contributed by atoms with Crippen molar-refractivity contribution in [2.45, 2.75) is 90.3 Å². The van der Waals surface area contributed by atoms with Gasteiger partial charge in [-0.05, 0) is 45.3 Å². The van der Waals surface area contributed by atoms with Crippen molar-refractivity contribution >= 4 is 14.4 Å². The molecule has 0 radical (unpaired) electrons. The molecule has 23 heavy (non-hydrogen) atoms. The van der Waals surface area contributed by atoms with Gasteiger partial charge in [-0.25, -0.2) is 16.3 Å². The van der Waals surface area contributed by atoms with Gasteiger partial charge in [0.25, 0.3) is 0 Å². The molecule has 1 rings (SSSR count). The lowest BCUT2D eigenvalue weighted by Gasteiger charge is -2.38. The normalized spacial score (nSPS) is 22.8. The maximum atomic E-state index is 12.5. The van der Waals surface area contributed by atoms with E-state index in [0.717, 1.165) is 6.42 Å². The average Bonchev–Trinajstić information content (AvgIpc) is 2.75. The van der Waals surface area contributed by atoms with Gasteiger partial charge in [0.15, 0.2) is 8.32 Å². The Kier molecular flexibility index (Phi) is 5.92. The highest BCUT2D eigenvalue weighted by atomic mass is 28.4. The first-order valence-corrected chi connectivity index (χ1v) is 11.2. The molecule has 2 atom stereocenters. The van der Waals surface area contributed by atoms with Crippen LogP contribution in [0.5, 0.6) is 0 Å². The van der Waals surface area contributed by atoms with E-state index in [4.69, 9.17) is 15.7 Å². The van der Waals surface area contributed by atoms with Crippen LogP contribution in [0.25, 0.3) is 4.85 Å². The molecule has 5 nitrogen and oxygen atoms in total. The number of hydrogen-bond donors (Lipinski definition) is 0. The fourth-order valence-electron chi connectivity index (χ4n) is 2.26. The molecular formula is C17H32N2O3Si. The van der Waals surface area contributed by atoms with Crippen LogP contribution in [0.4, 0.5) is 4.79 Å². The van der Waals surface area contributed by atoms with E-state index in [9.17, 15) is 4.79 Å². The first kappa shape index (κ1) is 20.0. The van der Waals surface area contributed by atoms with Crippen LogP contribution in [0.15, 0.2) is 0 Å². The van der Waals surface area contributed by atoms with E-state index in [1.165, 1.54) is 0 Å². The molecule has 1 unspecified atom stereocenters. The highest BCUT2D eigenvalue weighted by molar-refractivity contribution is 6.74. The number of nitrogens with zero attached hydrogens (tertiary/aromatic N) is 2. The fourth-order valence-corrected chi connectivity index (χ4v) is 3.30. The monoisotopic (exact) mass is 340 g/mol. The van der Waals surface area contributed by atoms with Gasteiger partial charge in [-0.2, -0.15) is 0 Å². The topological polar surface area (TPSA) is 43.1 Å². The minimum atomic E-state index is -1.87. The zero-order valence-electron chi connectivity index (χ0n) is 15.9. The highest BCUT2D eigenvalue weighted by Gasteiger charge is 2.45. The lowest BCUT2D eigenvalue weighted by atomic mass is 10.2. The Bertz CT molecular complexity index is 472. The first-order chi connectivity index (χ1) is 10.3. The number of likely N-dealkylation sites (tertiary alicyclic amines) is 1. The van der Waals surface area contributed by atoms with Crippen molar-refractivity contribution in [3.8, 4) is 0 Å². The molecule has 1 fully saturated rings. The standard InChI is InChI=1S/C17H32N2O3Si/c1-16(2,3)22-15(20)19-13(10-11-14(19)18-7)12-21-23(8,9)17(4,5)6/h13-14H,10-12H2,1-6,8-9H3/t13-,14?/m0/s1. The summed E-state index contributed by atoms with van der Waals surface area (Å²) < 4.78 is 11.8. The quantitative estimate of drug-likeness (QED) is 0.554. The lowest BCUT2D eigenvalue weighted by Crippen LogP contribution is -2.48. The average molecular weight is 341 g/mol. The summed E-state index contributed by atoms with van der Waals surface area (Å²) >= 11 is 0. The summed E-state index contributed by atoms with van der Waals surface area (Å²) in [5, 5.41) is 0.127. The largest absolute Gasteiger partial charge is 0.444 e. The zero-order chi connectivity index (χ0) is 18.1. The van der Waals surface area contributed by atoms with Crippen LogP contribution in [0.3, 0.4) is 0 Å². The van der Waals surface area contributed by atoms with Crippen molar-refractivity contribution < 1.29 is 14.0 Å². The number of amides is 1. The van der Waals surface area contributed by atoms with Gasteiger partial charge < -0.3 is 9.16 Å². The van der Waals surface area contributed by atoms with E-state index in [-0.39, 0.29) is 11.1 Å². The third-order valence-corrected chi connectivity index (χ3v) is 9.17. The van der Waals surface area contributed by atoms with E-state index in [1.807, 2.05) is 20.8 Å². The van der Waals surface area contributed by atoms with Crippen LogP contribution in [-0.4, -0.2) is 43.7 Å². The Morgan fingerprint density at radius 3 is 2.22 bits per heavy atom. The summed E-state index contributed by atoms with van der Waals surface area (Å²) in [7, 11) is -1.87. The van der Waals surface area contributed by atoms with Crippen LogP contribution >= 0.6 is 0 Å². The lowest BCUT2D eigenvalue weighted by molar-refractivity contribution is 0.0131. The van der Waals surface area contributed by atoms with Gasteiger partial charge in [-0.15, -0.1) is 0 Å². The molecule has 1 heterocycles. The Hall–Kier alpha value is -1.06. The molecule has 0 aromatic heterocycles. The van der Waals surface area contributed by atoms with Gasteiger partial charge in [0.1, 0.15) is 5.60 Å². The van der Waals surface area contributed by atoms with Crippen molar-refractivity contribution in [1.29, 1.82) is 0 Å². The molecule has 1 amide bonds. The van der Waals surface area contributed by atoms with E-state index >= 15 is 0 Å². The molecule has 0 bridgehead atoms. The van der Waals surface area contributed by atoms with Crippen molar-refractivity contribution in [3.05, 3.63) is 11.4 Å². The molecule has 0 saturated carbocycles. The predicted molar refractivity (Wildman–Crippen MR) is 94.6 cm³/mol. The van der Waals surface area contributed by atoms with Gasteiger partial charge >= 0.3 is 12.3 Å². The summed E-state index contributed by atoms with van der Waals surface area (Å²) in [6, 6.07) is -0.0712. The van der Waals surface area contributed by atoms with Crippen LogP contribution in [0.1, 0.15) is 54.4 Å². The molecule has 0 aliphatic carbocycles. The molecule has 1 aliphatic rings. The maximum Gasteiger partial charge on any atom is 0.416 e. The fraction of sp³-hybridized carbons (Fsp3) is 0.882. The molecule has 0 aromatic carbocycles. The Morgan fingerprint density at radius 2 is 1.78 bits per heavy atom. The van der Waals surface area contributed by atoms with Crippen molar-refractivity contribution in [2.24, 2.45) is 0 Å². The second-order valence-electron chi connectivity index (χ2n) is 8.80. The maximum absolute atomic E-state index is 12.5. The van der Waals surface area contributed by atoms with Crippen LogP contribution < -0.4 is 0 Å². The van der Waals surface area contributed by atoms with E-state index < -0.39 is 26.2 Å². The summed E-state index contributed by atoms with van der Waals surface area (Å²) in [6.07, 6.45) is 0.646. The zero-order valence-corrected chi connectivity index (χ0v) is 16.9. The van der Waals surface area contributed by atoms with E-state index in [0.29, 0.717) is 13.0 Å². The van der Waals surface area contributed by atoms with Crippen molar-refractivity contribution in [1.82, 2.24) is 4.90 Å². The van der Waals surface area contributed by atoms with Crippen molar-refractivity contribution in [3.63, 3.8) is 0 Å². The summed E-state index contributed by atoms with van der Waals surface area (Å²) in [6.45, 7) is 24.3. The Labute approximate surface area is 142 Å². The van der Waals surface area contributed by atoms with Gasteiger partial charge in [0.05, 0.1) is 12.6 Å². The summed E-state index contributed by atoms with van der Waals surface area (Å²) in [5.74, 6) is 0. The summed E-state index contributed by atoms with van der Waals surface area (Å²) in [4.78, 5) is 17.7. The smallest absolute Gasteiger partial charge is 0.416 e. The van der Waals surface area contributed by atoms with E-state index in [2.05, 4.69) is 38.7 Å².